The molecule has 1 atom stereocenters. The first-order valence-corrected chi connectivity index (χ1v) is 11.1. The Bertz CT molecular complexity index is 1230. The third-order valence-electron chi connectivity index (χ3n) is 6.15. The van der Waals surface area contributed by atoms with Crippen LogP contribution in [0.5, 0.6) is 5.75 Å². The molecule has 0 N–H and O–H groups in total. The minimum Gasteiger partial charge on any atom is -0.496 e. The molecule has 1 aromatic heterocycles. The van der Waals surface area contributed by atoms with Crippen molar-refractivity contribution in [2.45, 2.75) is 31.7 Å². The highest BCUT2D eigenvalue weighted by atomic mass is 16.5. The van der Waals surface area contributed by atoms with Crippen LogP contribution in [0.4, 0.5) is 0 Å². The standard InChI is InChI=1S/C27H26N2O3/c1-31-24-12-6-5-10-21(24)20-14-15-25-22(18-20)28-27(32-25)23-11-7-17-29(23)26(30)16-13-19-8-3-2-4-9-19/h2-6,8-10,12,14-15,18,23H,7,11,13,16-17H2,1H3/t23-/m1/s1. The number of hydrogen-bond donors (Lipinski definition) is 0. The summed E-state index contributed by atoms with van der Waals surface area (Å²) < 4.78 is 11.6. The number of carbonyl (C=O) groups is 1. The van der Waals surface area contributed by atoms with E-state index < -0.39 is 0 Å². The van der Waals surface area contributed by atoms with Crippen molar-refractivity contribution in [3.05, 3.63) is 84.3 Å². The Hall–Kier alpha value is -3.60. The quantitative estimate of drug-likeness (QED) is 0.391. The predicted octanol–water partition coefficient (Wildman–Crippen LogP) is 5.80. The lowest BCUT2D eigenvalue weighted by atomic mass is 10.0. The van der Waals surface area contributed by atoms with E-state index in [-0.39, 0.29) is 11.9 Å². The van der Waals surface area contributed by atoms with Gasteiger partial charge in [-0.25, -0.2) is 4.98 Å². The molecule has 1 aliphatic heterocycles. The van der Waals surface area contributed by atoms with Crippen LogP contribution < -0.4 is 4.74 Å². The summed E-state index contributed by atoms with van der Waals surface area (Å²) in [6, 6.07) is 24.0. The Morgan fingerprint density at radius 2 is 1.91 bits per heavy atom. The van der Waals surface area contributed by atoms with Gasteiger partial charge in [0.25, 0.3) is 0 Å². The molecule has 32 heavy (non-hydrogen) atoms. The van der Waals surface area contributed by atoms with Crippen LogP contribution in [0.3, 0.4) is 0 Å². The lowest BCUT2D eigenvalue weighted by molar-refractivity contribution is -0.132. The van der Waals surface area contributed by atoms with E-state index in [1.54, 1.807) is 7.11 Å². The van der Waals surface area contributed by atoms with Crippen molar-refractivity contribution in [1.29, 1.82) is 0 Å². The smallest absolute Gasteiger partial charge is 0.223 e. The zero-order chi connectivity index (χ0) is 21.9. The second-order valence-electron chi connectivity index (χ2n) is 8.17. The van der Waals surface area contributed by atoms with Gasteiger partial charge in [-0.3, -0.25) is 4.79 Å². The van der Waals surface area contributed by atoms with Crippen LogP contribution in [0.15, 0.2) is 77.2 Å². The highest BCUT2D eigenvalue weighted by Gasteiger charge is 2.33. The molecule has 2 heterocycles. The monoisotopic (exact) mass is 426 g/mol. The molecule has 0 unspecified atom stereocenters. The molecule has 0 saturated carbocycles. The van der Waals surface area contributed by atoms with Crippen molar-refractivity contribution in [3.8, 4) is 16.9 Å². The number of carbonyl (C=O) groups excluding carboxylic acids is 1. The molecule has 5 rings (SSSR count). The first kappa shape index (κ1) is 20.3. The highest BCUT2D eigenvalue weighted by Crippen LogP contribution is 2.36. The number of benzene rings is 3. The van der Waals surface area contributed by atoms with Gasteiger partial charge in [0.05, 0.1) is 7.11 Å². The van der Waals surface area contributed by atoms with E-state index in [9.17, 15) is 4.79 Å². The molecular formula is C27H26N2O3. The maximum atomic E-state index is 13.0. The molecule has 0 bridgehead atoms. The van der Waals surface area contributed by atoms with Crippen LogP contribution >= 0.6 is 0 Å². The molecule has 5 nitrogen and oxygen atoms in total. The van der Waals surface area contributed by atoms with Crippen molar-refractivity contribution in [2.24, 2.45) is 0 Å². The Morgan fingerprint density at radius 1 is 1.09 bits per heavy atom. The second kappa shape index (κ2) is 8.87. The van der Waals surface area contributed by atoms with Crippen LogP contribution in [-0.2, 0) is 11.2 Å². The van der Waals surface area contributed by atoms with Crippen LogP contribution in [-0.4, -0.2) is 29.4 Å². The summed E-state index contributed by atoms with van der Waals surface area (Å²) in [6.07, 6.45) is 3.09. The largest absolute Gasteiger partial charge is 0.496 e. The van der Waals surface area contributed by atoms with E-state index in [2.05, 4.69) is 12.1 Å². The second-order valence-corrected chi connectivity index (χ2v) is 8.17. The molecule has 1 fully saturated rings. The minimum atomic E-state index is -0.0969. The van der Waals surface area contributed by atoms with Crippen LogP contribution in [0.2, 0.25) is 0 Å². The molecule has 1 saturated heterocycles. The summed E-state index contributed by atoms with van der Waals surface area (Å²) in [4.78, 5) is 19.7. The van der Waals surface area contributed by atoms with Gasteiger partial charge in [0.1, 0.15) is 17.3 Å². The van der Waals surface area contributed by atoms with E-state index >= 15 is 0 Å². The fourth-order valence-electron chi connectivity index (χ4n) is 4.50. The van der Waals surface area contributed by atoms with E-state index in [4.69, 9.17) is 14.1 Å². The number of aryl methyl sites for hydroxylation is 1. The molecule has 1 amide bonds. The Balaban J connectivity index is 1.37. The molecule has 3 aromatic carbocycles. The number of aromatic nitrogens is 1. The van der Waals surface area contributed by atoms with E-state index in [1.807, 2.05) is 65.6 Å². The fraction of sp³-hybridized carbons (Fsp3) is 0.259. The number of methoxy groups -OCH3 is 1. The number of ether oxygens (including phenoxy) is 1. The Labute approximate surface area is 187 Å². The van der Waals surface area contributed by atoms with Crippen molar-refractivity contribution in [3.63, 3.8) is 0 Å². The predicted molar refractivity (Wildman–Crippen MR) is 124 cm³/mol. The molecule has 4 aromatic rings. The number of para-hydroxylation sites is 1. The van der Waals surface area contributed by atoms with Gasteiger partial charge in [-0.2, -0.15) is 0 Å². The summed E-state index contributed by atoms with van der Waals surface area (Å²) in [6.45, 7) is 0.753. The van der Waals surface area contributed by atoms with Gasteiger partial charge in [-0.15, -0.1) is 0 Å². The van der Waals surface area contributed by atoms with Gasteiger partial charge in [0.2, 0.25) is 11.8 Å². The van der Waals surface area contributed by atoms with Gasteiger partial charge >= 0.3 is 0 Å². The van der Waals surface area contributed by atoms with E-state index in [1.165, 1.54) is 5.56 Å². The summed E-state index contributed by atoms with van der Waals surface area (Å²) >= 11 is 0. The third kappa shape index (κ3) is 3.98. The zero-order valence-corrected chi connectivity index (χ0v) is 18.2. The van der Waals surface area contributed by atoms with Gasteiger partial charge in [-0.05, 0) is 48.6 Å². The average Bonchev–Trinajstić information content (AvgIpc) is 3.49. The van der Waals surface area contributed by atoms with E-state index in [0.29, 0.717) is 12.3 Å². The van der Waals surface area contributed by atoms with Gasteiger partial charge in [-0.1, -0.05) is 54.6 Å². The summed E-state index contributed by atoms with van der Waals surface area (Å²) in [5, 5.41) is 0. The zero-order valence-electron chi connectivity index (χ0n) is 18.2. The number of hydrogen-bond acceptors (Lipinski definition) is 4. The Morgan fingerprint density at radius 3 is 2.75 bits per heavy atom. The number of amides is 1. The molecule has 1 aliphatic rings. The summed E-state index contributed by atoms with van der Waals surface area (Å²) in [5.41, 5.74) is 4.76. The van der Waals surface area contributed by atoms with Crippen molar-refractivity contribution < 1.29 is 13.9 Å². The number of nitrogens with zero attached hydrogens (tertiary/aromatic N) is 2. The van der Waals surface area contributed by atoms with Crippen molar-refractivity contribution in [1.82, 2.24) is 9.88 Å². The fourth-order valence-corrected chi connectivity index (χ4v) is 4.50. The highest BCUT2D eigenvalue weighted by molar-refractivity contribution is 5.82. The lowest BCUT2D eigenvalue weighted by Crippen LogP contribution is -2.30. The molecule has 0 radical (unpaired) electrons. The topological polar surface area (TPSA) is 55.6 Å². The number of likely N-dealkylation sites (tertiary alicyclic amines) is 1. The molecule has 162 valence electrons. The van der Waals surface area contributed by atoms with Crippen LogP contribution in [0.25, 0.3) is 22.2 Å². The molecule has 0 spiro atoms. The van der Waals surface area contributed by atoms with Crippen LogP contribution in [0, 0.1) is 0 Å². The van der Waals surface area contributed by atoms with Gasteiger partial charge in [0.15, 0.2) is 5.58 Å². The number of rotatable bonds is 6. The first-order chi connectivity index (χ1) is 15.7. The molecule has 5 heteroatoms. The maximum absolute atomic E-state index is 13.0. The summed E-state index contributed by atoms with van der Waals surface area (Å²) in [7, 11) is 1.68. The van der Waals surface area contributed by atoms with E-state index in [0.717, 1.165) is 53.8 Å². The number of oxazole rings is 1. The normalized spacial score (nSPS) is 15.9. The summed E-state index contributed by atoms with van der Waals surface area (Å²) in [5.74, 6) is 1.61. The average molecular weight is 427 g/mol. The lowest BCUT2D eigenvalue weighted by Gasteiger charge is -2.22. The first-order valence-electron chi connectivity index (χ1n) is 11.1. The van der Waals surface area contributed by atoms with Gasteiger partial charge < -0.3 is 14.1 Å². The van der Waals surface area contributed by atoms with Crippen LogP contribution in [0.1, 0.15) is 36.8 Å². The molecule has 0 aliphatic carbocycles. The Kier molecular flexibility index (Phi) is 5.63. The van der Waals surface area contributed by atoms with Gasteiger partial charge in [0, 0.05) is 18.5 Å². The molecular weight excluding hydrogens is 400 g/mol. The maximum Gasteiger partial charge on any atom is 0.223 e. The van der Waals surface area contributed by atoms with Crippen molar-refractivity contribution in [2.75, 3.05) is 13.7 Å². The third-order valence-corrected chi connectivity index (χ3v) is 6.15. The van der Waals surface area contributed by atoms with Crippen molar-refractivity contribution >= 4 is 17.0 Å². The number of fused-ring (bicyclic) bond motifs is 1. The minimum absolute atomic E-state index is 0.0969. The SMILES string of the molecule is COc1ccccc1-c1ccc2oc([C@H]3CCCN3C(=O)CCc3ccccc3)nc2c1.